The van der Waals surface area contributed by atoms with Crippen molar-refractivity contribution in [3.8, 4) is 6.07 Å². The number of nitrogens with zero attached hydrogens (tertiary/aromatic N) is 1. The van der Waals surface area contributed by atoms with Crippen LogP contribution in [0.3, 0.4) is 0 Å². The van der Waals surface area contributed by atoms with Crippen LogP contribution in [0, 0.1) is 17.1 Å². The molecular formula is C16H14FN3O. The Morgan fingerprint density at radius 2 is 2.00 bits per heavy atom. The number of nitrogens with one attached hydrogen (secondary N) is 2. The van der Waals surface area contributed by atoms with Crippen LogP contribution in [-0.2, 0) is 4.79 Å². The second kappa shape index (κ2) is 7.06. The van der Waals surface area contributed by atoms with Gasteiger partial charge < -0.3 is 10.6 Å². The maximum atomic E-state index is 13.4. The zero-order valence-corrected chi connectivity index (χ0v) is 11.3. The summed E-state index contributed by atoms with van der Waals surface area (Å²) in [6.07, 6.45) is 0.200. The van der Waals surface area contributed by atoms with Gasteiger partial charge in [-0.05, 0) is 30.3 Å². The number of para-hydroxylation sites is 1. The number of carbonyl (C=O) groups is 1. The van der Waals surface area contributed by atoms with Crippen LogP contribution < -0.4 is 10.6 Å². The van der Waals surface area contributed by atoms with Crippen molar-refractivity contribution in [3.63, 3.8) is 0 Å². The van der Waals surface area contributed by atoms with Crippen molar-refractivity contribution >= 4 is 17.3 Å². The highest BCUT2D eigenvalue weighted by Crippen LogP contribution is 2.13. The third kappa shape index (κ3) is 4.32. The minimum atomic E-state index is -0.348. The van der Waals surface area contributed by atoms with Crippen LogP contribution in [0.2, 0.25) is 0 Å². The molecule has 1 amide bonds. The predicted molar refractivity (Wildman–Crippen MR) is 79.3 cm³/mol. The van der Waals surface area contributed by atoms with E-state index in [0.29, 0.717) is 23.5 Å². The highest BCUT2D eigenvalue weighted by Gasteiger charge is 2.04. The molecule has 106 valence electrons. The van der Waals surface area contributed by atoms with Gasteiger partial charge in [0, 0.05) is 18.7 Å². The van der Waals surface area contributed by atoms with Crippen molar-refractivity contribution in [2.75, 3.05) is 17.2 Å². The van der Waals surface area contributed by atoms with Crippen molar-refractivity contribution in [1.82, 2.24) is 0 Å². The van der Waals surface area contributed by atoms with E-state index < -0.39 is 0 Å². The second-order valence-corrected chi connectivity index (χ2v) is 4.40. The Bertz CT molecular complexity index is 679. The maximum Gasteiger partial charge on any atom is 0.226 e. The van der Waals surface area contributed by atoms with Gasteiger partial charge in [0.05, 0.1) is 17.3 Å². The summed E-state index contributed by atoms with van der Waals surface area (Å²) < 4.78 is 13.4. The van der Waals surface area contributed by atoms with E-state index in [4.69, 9.17) is 5.26 Å². The topological polar surface area (TPSA) is 64.9 Å². The lowest BCUT2D eigenvalue weighted by molar-refractivity contribution is -0.115. The van der Waals surface area contributed by atoms with Gasteiger partial charge in [0.15, 0.2) is 0 Å². The average Bonchev–Trinajstić information content (AvgIpc) is 2.49. The highest BCUT2D eigenvalue weighted by molar-refractivity contribution is 5.91. The number of benzene rings is 2. The Hall–Kier alpha value is -2.87. The van der Waals surface area contributed by atoms with E-state index in [-0.39, 0.29) is 18.1 Å². The Labute approximate surface area is 122 Å². The lowest BCUT2D eigenvalue weighted by Gasteiger charge is -2.08. The molecule has 0 aliphatic heterocycles. The van der Waals surface area contributed by atoms with Crippen LogP contribution in [0.5, 0.6) is 0 Å². The third-order valence-corrected chi connectivity index (χ3v) is 2.82. The van der Waals surface area contributed by atoms with Crippen LogP contribution in [-0.4, -0.2) is 12.5 Å². The fourth-order valence-electron chi connectivity index (χ4n) is 1.81. The summed E-state index contributed by atoms with van der Waals surface area (Å²) in [5.41, 5.74) is 1.43. The highest BCUT2D eigenvalue weighted by atomic mass is 19.1. The molecule has 0 aliphatic rings. The normalized spacial score (nSPS) is 9.71. The molecule has 0 fully saturated rings. The quantitative estimate of drug-likeness (QED) is 0.886. The number of rotatable bonds is 5. The Balaban J connectivity index is 1.83. The van der Waals surface area contributed by atoms with Gasteiger partial charge in [-0.1, -0.05) is 18.2 Å². The van der Waals surface area contributed by atoms with Gasteiger partial charge in [-0.25, -0.2) is 4.39 Å². The summed E-state index contributed by atoms with van der Waals surface area (Å²) in [4.78, 5) is 11.8. The largest absolute Gasteiger partial charge is 0.382 e. The molecule has 0 saturated heterocycles. The minimum absolute atomic E-state index is 0.200. The molecule has 21 heavy (non-hydrogen) atoms. The standard InChI is InChI=1S/C16H14FN3O/c17-14-6-1-2-7-15(14)19-9-8-16(21)20-13-5-3-4-12(10-13)11-18/h1-7,10,19H,8-9H2,(H,20,21). The van der Waals surface area contributed by atoms with Crippen molar-refractivity contribution in [2.45, 2.75) is 6.42 Å². The smallest absolute Gasteiger partial charge is 0.226 e. The van der Waals surface area contributed by atoms with Gasteiger partial charge in [-0.2, -0.15) is 5.26 Å². The molecule has 5 heteroatoms. The summed E-state index contributed by atoms with van der Waals surface area (Å²) >= 11 is 0. The average molecular weight is 283 g/mol. The molecule has 0 unspecified atom stereocenters. The molecule has 0 spiro atoms. The van der Waals surface area contributed by atoms with Crippen LogP contribution in [0.4, 0.5) is 15.8 Å². The second-order valence-electron chi connectivity index (χ2n) is 4.40. The molecule has 0 atom stereocenters. The summed E-state index contributed by atoms with van der Waals surface area (Å²) in [6.45, 7) is 0.324. The summed E-state index contributed by atoms with van der Waals surface area (Å²) in [5.74, 6) is -0.548. The molecule has 0 aliphatic carbocycles. The molecule has 2 aromatic carbocycles. The molecule has 0 heterocycles. The Morgan fingerprint density at radius 3 is 2.76 bits per heavy atom. The first-order chi connectivity index (χ1) is 10.2. The molecule has 0 saturated carbocycles. The fourth-order valence-corrected chi connectivity index (χ4v) is 1.81. The number of hydrogen-bond acceptors (Lipinski definition) is 3. The third-order valence-electron chi connectivity index (χ3n) is 2.82. The first kappa shape index (κ1) is 14.5. The van der Waals surface area contributed by atoms with E-state index in [0.717, 1.165) is 0 Å². The maximum absolute atomic E-state index is 13.4. The van der Waals surface area contributed by atoms with Gasteiger partial charge in [0.2, 0.25) is 5.91 Å². The van der Waals surface area contributed by atoms with E-state index in [9.17, 15) is 9.18 Å². The van der Waals surface area contributed by atoms with Crippen molar-refractivity contribution in [1.29, 1.82) is 5.26 Å². The van der Waals surface area contributed by atoms with E-state index in [2.05, 4.69) is 10.6 Å². The number of nitriles is 1. The van der Waals surface area contributed by atoms with Gasteiger partial charge >= 0.3 is 0 Å². The van der Waals surface area contributed by atoms with Crippen molar-refractivity contribution < 1.29 is 9.18 Å². The van der Waals surface area contributed by atoms with Crippen molar-refractivity contribution in [3.05, 3.63) is 59.9 Å². The monoisotopic (exact) mass is 283 g/mol. The first-order valence-corrected chi connectivity index (χ1v) is 6.47. The number of anilines is 2. The first-order valence-electron chi connectivity index (χ1n) is 6.47. The van der Waals surface area contributed by atoms with E-state index in [1.54, 1.807) is 42.5 Å². The zero-order valence-electron chi connectivity index (χ0n) is 11.3. The molecule has 2 rings (SSSR count). The van der Waals surface area contributed by atoms with Gasteiger partial charge in [0.25, 0.3) is 0 Å². The number of carbonyl (C=O) groups excluding carboxylic acids is 1. The minimum Gasteiger partial charge on any atom is -0.382 e. The van der Waals surface area contributed by atoms with Crippen LogP contribution >= 0.6 is 0 Å². The Morgan fingerprint density at radius 1 is 1.19 bits per heavy atom. The summed E-state index contributed by atoms with van der Waals surface area (Å²) in [7, 11) is 0. The van der Waals surface area contributed by atoms with Crippen molar-refractivity contribution in [2.24, 2.45) is 0 Å². The number of halogens is 1. The van der Waals surface area contributed by atoms with E-state index in [1.165, 1.54) is 6.07 Å². The van der Waals surface area contributed by atoms with Gasteiger partial charge in [0.1, 0.15) is 5.82 Å². The summed E-state index contributed by atoms with van der Waals surface area (Å²) in [6, 6.07) is 15.0. The Kier molecular flexibility index (Phi) is 4.89. The van der Waals surface area contributed by atoms with E-state index >= 15 is 0 Å². The molecule has 4 nitrogen and oxygen atoms in total. The van der Waals surface area contributed by atoms with Crippen LogP contribution in [0.1, 0.15) is 12.0 Å². The molecule has 0 aromatic heterocycles. The van der Waals surface area contributed by atoms with Gasteiger partial charge in [-0.15, -0.1) is 0 Å². The van der Waals surface area contributed by atoms with Crippen LogP contribution in [0.25, 0.3) is 0 Å². The summed E-state index contributed by atoms with van der Waals surface area (Å²) in [5, 5.41) is 14.3. The number of hydrogen-bond donors (Lipinski definition) is 2. The molecule has 0 radical (unpaired) electrons. The molecule has 2 N–H and O–H groups in total. The predicted octanol–water partition coefficient (Wildman–Crippen LogP) is 3.14. The SMILES string of the molecule is N#Cc1cccc(NC(=O)CCNc2ccccc2F)c1. The zero-order chi connectivity index (χ0) is 15.1. The van der Waals surface area contributed by atoms with Gasteiger partial charge in [-0.3, -0.25) is 4.79 Å². The lowest BCUT2D eigenvalue weighted by Crippen LogP contribution is -2.16. The number of amides is 1. The molecular weight excluding hydrogens is 269 g/mol. The fraction of sp³-hybridized carbons (Fsp3) is 0.125. The lowest BCUT2D eigenvalue weighted by atomic mass is 10.2. The molecule has 2 aromatic rings. The molecule has 0 bridgehead atoms. The van der Waals surface area contributed by atoms with E-state index in [1.807, 2.05) is 6.07 Å². The van der Waals surface area contributed by atoms with Crippen LogP contribution in [0.15, 0.2) is 48.5 Å².